The molecule has 2 heteroatoms. The molecular weight excluding hydrogens is 270 g/mol. The molecule has 1 aromatic heterocycles. The molecule has 1 heterocycles. The van der Waals surface area contributed by atoms with Crippen LogP contribution in [0.5, 0.6) is 5.75 Å². The van der Waals surface area contributed by atoms with E-state index in [1.165, 1.54) is 22.4 Å². The lowest BCUT2D eigenvalue weighted by molar-refractivity contribution is -0.694. The van der Waals surface area contributed by atoms with Gasteiger partial charge in [0.15, 0.2) is 18.4 Å². The average molecular weight is 290 g/mol. The van der Waals surface area contributed by atoms with Gasteiger partial charge in [-0.25, -0.2) is 0 Å². The van der Waals surface area contributed by atoms with Crippen LogP contribution in [0.1, 0.15) is 11.3 Å². The lowest BCUT2D eigenvalue weighted by atomic mass is 10.1. The Hall–Kier alpha value is -2.61. The third-order valence-corrected chi connectivity index (χ3v) is 3.87. The molecule has 2 nitrogen and oxygen atoms in total. The number of aromatic nitrogens is 1. The molecule has 0 amide bonds. The highest BCUT2D eigenvalue weighted by molar-refractivity contribution is 5.62. The predicted molar refractivity (Wildman–Crippen MR) is 88.9 cm³/mol. The van der Waals surface area contributed by atoms with E-state index >= 15 is 0 Å². The van der Waals surface area contributed by atoms with Crippen LogP contribution < -0.4 is 9.30 Å². The van der Waals surface area contributed by atoms with Gasteiger partial charge in [0.2, 0.25) is 0 Å². The molecule has 0 spiro atoms. The van der Waals surface area contributed by atoms with Crippen LogP contribution in [-0.2, 0) is 6.54 Å². The van der Waals surface area contributed by atoms with E-state index in [1.54, 1.807) is 7.11 Å². The van der Waals surface area contributed by atoms with Gasteiger partial charge in [-0.2, -0.15) is 4.57 Å². The smallest absolute Gasteiger partial charge is 0.179 e. The van der Waals surface area contributed by atoms with Crippen molar-refractivity contribution in [2.24, 2.45) is 0 Å². The van der Waals surface area contributed by atoms with Crippen LogP contribution in [0, 0.1) is 6.92 Å². The van der Waals surface area contributed by atoms with Gasteiger partial charge in [-0.3, -0.25) is 0 Å². The number of methoxy groups -OCH3 is 1. The minimum Gasteiger partial charge on any atom is -0.497 e. The Balaban J connectivity index is 1.83. The quantitative estimate of drug-likeness (QED) is 0.662. The average Bonchev–Trinajstić information content (AvgIpc) is 2.58. The third kappa shape index (κ3) is 3.17. The Morgan fingerprint density at radius 1 is 0.864 bits per heavy atom. The second-order valence-corrected chi connectivity index (χ2v) is 5.40. The molecule has 0 aliphatic rings. The topological polar surface area (TPSA) is 13.1 Å². The first kappa shape index (κ1) is 14.3. The summed E-state index contributed by atoms with van der Waals surface area (Å²) >= 11 is 0. The molecule has 110 valence electrons. The summed E-state index contributed by atoms with van der Waals surface area (Å²) in [7, 11) is 1.69. The second kappa shape index (κ2) is 6.44. The zero-order valence-electron chi connectivity index (χ0n) is 13.0. The van der Waals surface area contributed by atoms with Gasteiger partial charge in [0.25, 0.3) is 0 Å². The van der Waals surface area contributed by atoms with Crippen LogP contribution >= 0.6 is 0 Å². The van der Waals surface area contributed by atoms with Crippen LogP contribution in [0.4, 0.5) is 0 Å². The zero-order chi connectivity index (χ0) is 15.4. The summed E-state index contributed by atoms with van der Waals surface area (Å²) in [6, 6.07) is 23.1. The number of ether oxygens (including phenoxy) is 1. The Kier molecular flexibility index (Phi) is 4.19. The summed E-state index contributed by atoms with van der Waals surface area (Å²) in [5, 5.41) is 0. The van der Waals surface area contributed by atoms with Crippen molar-refractivity contribution in [2.75, 3.05) is 7.11 Å². The number of nitrogens with zero attached hydrogens (tertiary/aromatic N) is 1. The molecular formula is C20H20NO+. The molecule has 0 aliphatic heterocycles. The van der Waals surface area contributed by atoms with Gasteiger partial charge in [0, 0.05) is 24.6 Å². The normalized spacial score (nSPS) is 10.5. The molecule has 0 unspecified atom stereocenters. The first-order valence-electron chi connectivity index (χ1n) is 7.45. The molecule has 0 saturated heterocycles. The van der Waals surface area contributed by atoms with E-state index in [2.05, 4.69) is 66.2 Å². The van der Waals surface area contributed by atoms with Gasteiger partial charge >= 0.3 is 0 Å². The van der Waals surface area contributed by atoms with E-state index in [1.807, 2.05) is 18.2 Å². The van der Waals surface area contributed by atoms with Crippen LogP contribution in [-0.4, -0.2) is 7.11 Å². The maximum absolute atomic E-state index is 5.20. The minimum absolute atomic E-state index is 0.866. The van der Waals surface area contributed by atoms with Gasteiger partial charge in [-0.05, 0) is 35.4 Å². The van der Waals surface area contributed by atoms with Crippen molar-refractivity contribution < 1.29 is 9.30 Å². The largest absolute Gasteiger partial charge is 0.497 e. The lowest BCUT2D eigenvalue weighted by Crippen LogP contribution is -2.37. The SMILES string of the molecule is COc1ccc(C[n+]2ccc(-c3ccccc3)cc2C)cc1. The fraction of sp³-hybridized carbons (Fsp3) is 0.150. The van der Waals surface area contributed by atoms with Crippen LogP contribution in [0.2, 0.25) is 0 Å². The predicted octanol–water partition coefficient (Wildman–Crippen LogP) is 4.01. The molecule has 0 bridgehead atoms. The number of pyridine rings is 1. The fourth-order valence-corrected chi connectivity index (χ4v) is 2.56. The summed E-state index contributed by atoms with van der Waals surface area (Å²) in [5.41, 5.74) is 5.02. The van der Waals surface area contributed by atoms with Crippen LogP contribution in [0.3, 0.4) is 0 Å². The van der Waals surface area contributed by atoms with Crippen molar-refractivity contribution in [3.05, 3.63) is 84.2 Å². The summed E-state index contributed by atoms with van der Waals surface area (Å²) < 4.78 is 7.46. The number of aryl methyl sites for hydroxylation is 1. The van der Waals surface area contributed by atoms with Crippen molar-refractivity contribution >= 4 is 0 Å². The Labute approximate surface area is 131 Å². The molecule has 0 atom stereocenters. The van der Waals surface area contributed by atoms with Gasteiger partial charge in [-0.15, -0.1) is 0 Å². The molecule has 0 radical (unpaired) electrons. The Morgan fingerprint density at radius 2 is 1.59 bits per heavy atom. The van der Waals surface area contributed by atoms with Crippen molar-refractivity contribution in [3.8, 4) is 16.9 Å². The first-order chi connectivity index (χ1) is 10.8. The van der Waals surface area contributed by atoms with E-state index in [0.29, 0.717) is 0 Å². The van der Waals surface area contributed by atoms with Crippen LogP contribution in [0.15, 0.2) is 72.9 Å². The standard InChI is InChI=1S/C20H20NO/c1-16-14-19(18-6-4-3-5-7-18)12-13-21(16)15-17-8-10-20(22-2)11-9-17/h3-14H,15H2,1-2H3/q+1. The number of hydrogen-bond donors (Lipinski definition) is 0. The van der Waals surface area contributed by atoms with Crippen molar-refractivity contribution in [1.29, 1.82) is 0 Å². The first-order valence-corrected chi connectivity index (χ1v) is 7.45. The second-order valence-electron chi connectivity index (χ2n) is 5.40. The number of hydrogen-bond acceptors (Lipinski definition) is 1. The monoisotopic (exact) mass is 290 g/mol. The Bertz CT molecular complexity index is 748. The molecule has 0 N–H and O–H groups in total. The third-order valence-electron chi connectivity index (χ3n) is 3.87. The number of benzene rings is 2. The summed E-state index contributed by atoms with van der Waals surface area (Å²) in [4.78, 5) is 0. The van der Waals surface area contributed by atoms with E-state index in [4.69, 9.17) is 4.74 Å². The fourth-order valence-electron chi connectivity index (χ4n) is 2.56. The van der Waals surface area contributed by atoms with Crippen LogP contribution in [0.25, 0.3) is 11.1 Å². The molecule has 3 aromatic rings. The minimum atomic E-state index is 0.866. The van der Waals surface area contributed by atoms with E-state index < -0.39 is 0 Å². The van der Waals surface area contributed by atoms with Gasteiger partial charge in [0.1, 0.15) is 5.75 Å². The van der Waals surface area contributed by atoms with E-state index in [0.717, 1.165) is 12.3 Å². The highest BCUT2D eigenvalue weighted by Crippen LogP contribution is 2.18. The van der Waals surface area contributed by atoms with Crippen molar-refractivity contribution in [2.45, 2.75) is 13.5 Å². The van der Waals surface area contributed by atoms with Crippen molar-refractivity contribution in [3.63, 3.8) is 0 Å². The molecule has 2 aromatic carbocycles. The molecule has 0 saturated carbocycles. The summed E-state index contributed by atoms with van der Waals surface area (Å²) in [5.74, 6) is 0.893. The highest BCUT2D eigenvalue weighted by Gasteiger charge is 2.09. The summed E-state index contributed by atoms with van der Waals surface area (Å²) in [6.07, 6.45) is 2.15. The van der Waals surface area contributed by atoms with Crippen molar-refractivity contribution in [1.82, 2.24) is 0 Å². The van der Waals surface area contributed by atoms with Gasteiger partial charge in [0.05, 0.1) is 7.11 Å². The maximum atomic E-state index is 5.20. The molecule has 0 aliphatic carbocycles. The van der Waals surface area contributed by atoms with Gasteiger partial charge in [-0.1, -0.05) is 30.3 Å². The van der Waals surface area contributed by atoms with E-state index in [9.17, 15) is 0 Å². The highest BCUT2D eigenvalue weighted by atomic mass is 16.5. The molecule has 3 rings (SSSR count). The summed E-state index contributed by atoms with van der Waals surface area (Å²) in [6.45, 7) is 3.01. The number of rotatable bonds is 4. The van der Waals surface area contributed by atoms with E-state index in [-0.39, 0.29) is 0 Å². The van der Waals surface area contributed by atoms with Gasteiger partial charge < -0.3 is 4.74 Å². The molecule has 0 fully saturated rings. The zero-order valence-corrected chi connectivity index (χ0v) is 13.0. The molecule has 22 heavy (non-hydrogen) atoms. The maximum Gasteiger partial charge on any atom is 0.179 e. The Morgan fingerprint density at radius 3 is 2.23 bits per heavy atom. The lowest BCUT2D eigenvalue weighted by Gasteiger charge is -2.05.